The highest BCUT2D eigenvalue weighted by atomic mass is 35.5. The summed E-state index contributed by atoms with van der Waals surface area (Å²) >= 11 is 7.22. The van der Waals surface area contributed by atoms with Gasteiger partial charge in [-0.25, -0.2) is 4.98 Å². The van der Waals surface area contributed by atoms with E-state index in [-0.39, 0.29) is 5.91 Å². The maximum Gasteiger partial charge on any atom is 0.229 e. The third kappa shape index (κ3) is 4.16. The van der Waals surface area contributed by atoms with E-state index in [1.165, 1.54) is 11.3 Å². The third-order valence-electron chi connectivity index (χ3n) is 3.41. The number of likely N-dealkylation sites (tertiary alicyclic amines) is 1. The third-order valence-corrected chi connectivity index (χ3v) is 4.58. The first kappa shape index (κ1) is 14.8. The van der Waals surface area contributed by atoms with Crippen molar-refractivity contribution < 1.29 is 9.53 Å². The fourth-order valence-corrected chi connectivity index (χ4v) is 3.33. The molecule has 1 fully saturated rings. The van der Waals surface area contributed by atoms with Crippen LogP contribution in [0.3, 0.4) is 0 Å². The number of methoxy groups -OCH3 is 1. The van der Waals surface area contributed by atoms with Crippen LogP contribution in [0, 0.1) is 5.92 Å². The summed E-state index contributed by atoms with van der Waals surface area (Å²) < 4.78 is 5.16. The molecule has 2 heterocycles. The molecule has 0 N–H and O–H groups in total. The molecule has 1 aromatic rings. The minimum absolute atomic E-state index is 0.173. The summed E-state index contributed by atoms with van der Waals surface area (Å²) in [6, 6.07) is 0. The van der Waals surface area contributed by atoms with Crippen LogP contribution in [0.15, 0.2) is 5.38 Å². The minimum atomic E-state index is 0.173. The van der Waals surface area contributed by atoms with E-state index in [0.29, 0.717) is 18.2 Å². The monoisotopic (exact) mass is 302 g/mol. The first-order valence-electron chi connectivity index (χ1n) is 6.49. The lowest BCUT2D eigenvalue weighted by molar-refractivity contribution is -0.132. The average Bonchev–Trinajstić information content (AvgIpc) is 2.87. The summed E-state index contributed by atoms with van der Waals surface area (Å²) in [6.45, 7) is 2.47. The summed E-state index contributed by atoms with van der Waals surface area (Å²) in [5, 5.41) is 2.78. The molecule has 4 nitrogen and oxygen atoms in total. The van der Waals surface area contributed by atoms with Crippen molar-refractivity contribution >= 4 is 28.8 Å². The second kappa shape index (κ2) is 7.22. The molecular weight excluding hydrogens is 284 g/mol. The van der Waals surface area contributed by atoms with Gasteiger partial charge in [0, 0.05) is 32.2 Å². The predicted molar refractivity (Wildman–Crippen MR) is 76.6 cm³/mol. The van der Waals surface area contributed by atoms with E-state index in [0.717, 1.165) is 43.2 Å². The zero-order chi connectivity index (χ0) is 13.7. The Balaban J connectivity index is 1.81. The highest BCUT2D eigenvalue weighted by Crippen LogP contribution is 2.19. The normalized spacial score (nSPS) is 16.8. The molecule has 6 heteroatoms. The summed E-state index contributed by atoms with van der Waals surface area (Å²) in [4.78, 5) is 18.4. The summed E-state index contributed by atoms with van der Waals surface area (Å²) in [6.07, 6.45) is 2.46. The van der Waals surface area contributed by atoms with E-state index < -0.39 is 0 Å². The van der Waals surface area contributed by atoms with Gasteiger partial charge in [0.1, 0.15) is 5.01 Å². The fourth-order valence-electron chi connectivity index (χ4n) is 2.32. The topological polar surface area (TPSA) is 42.4 Å². The van der Waals surface area contributed by atoms with Crippen LogP contribution in [0.1, 0.15) is 23.5 Å². The molecule has 0 atom stereocenters. The number of aromatic nitrogens is 1. The molecule has 0 unspecified atom stereocenters. The van der Waals surface area contributed by atoms with Crippen molar-refractivity contribution in [3.05, 3.63) is 16.1 Å². The van der Waals surface area contributed by atoms with Gasteiger partial charge >= 0.3 is 0 Å². The Kier molecular flexibility index (Phi) is 5.60. The number of carbonyl (C=O) groups excluding carboxylic acids is 1. The van der Waals surface area contributed by atoms with E-state index in [2.05, 4.69) is 4.98 Å². The van der Waals surface area contributed by atoms with Crippen molar-refractivity contribution in [2.45, 2.75) is 25.1 Å². The largest absolute Gasteiger partial charge is 0.384 e. The molecule has 0 spiro atoms. The van der Waals surface area contributed by atoms with Crippen LogP contribution in [0.4, 0.5) is 0 Å². The summed E-state index contributed by atoms with van der Waals surface area (Å²) in [5.41, 5.74) is 0.855. The van der Waals surface area contributed by atoms with Crippen molar-refractivity contribution in [2.75, 3.05) is 26.8 Å². The van der Waals surface area contributed by atoms with Crippen molar-refractivity contribution in [2.24, 2.45) is 5.92 Å². The molecule has 1 amide bonds. The molecule has 1 saturated heterocycles. The Labute approximate surface area is 122 Å². The number of hydrogen-bond donors (Lipinski definition) is 0. The Hall–Kier alpha value is -0.650. The molecule has 1 aromatic heterocycles. The molecule has 0 radical (unpaired) electrons. The number of thiazole rings is 1. The second-order valence-corrected chi connectivity index (χ2v) is 6.03. The first-order chi connectivity index (χ1) is 9.22. The van der Waals surface area contributed by atoms with Gasteiger partial charge in [-0.3, -0.25) is 4.79 Å². The summed E-state index contributed by atoms with van der Waals surface area (Å²) in [7, 11) is 1.73. The average molecular weight is 303 g/mol. The predicted octanol–water partition coefficient (Wildman–Crippen LogP) is 2.31. The lowest BCUT2D eigenvalue weighted by Gasteiger charge is -2.31. The molecule has 1 aliphatic rings. The number of rotatable bonds is 5. The molecule has 0 aliphatic carbocycles. The van der Waals surface area contributed by atoms with Gasteiger partial charge in [-0.15, -0.1) is 22.9 Å². The van der Waals surface area contributed by atoms with E-state index in [1.54, 1.807) is 7.11 Å². The van der Waals surface area contributed by atoms with Gasteiger partial charge in [-0.05, 0) is 18.8 Å². The maximum atomic E-state index is 12.2. The van der Waals surface area contributed by atoms with Gasteiger partial charge < -0.3 is 9.64 Å². The van der Waals surface area contributed by atoms with Crippen LogP contribution < -0.4 is 0 Å². The standard InChI is InChI=1S/C13H19ClN2O2S/c1-18-8-10-2-4-16(5-3-10)13(17)6-12-15-11(7-14)9-19-12/h9-10H,2-8H2,1H3. The Bertz CT molecular complexity index is 417. The fraction of sp³-hybridized carbons (Fsp3) is 0.692. The van der Waals surface area contributed by atoms with Crippen LogP contribution in [-0.2, 0) is 21.8 Å². The zero-order valence-electron chi connectivity index (χ0n) is 11.1. The lowest BCUT2D eigenvalue weighted by Crippen LogP contribution is -2.40. The van der Waals surface area contributed by atoms with Crippen molar-refractivity contribution in [1.82, 2.24) is 9.88 Å². The van der Waals surface area contributed by atoms with Gasteiger partial charge in [0.05, 0.1) is 18.0 Å². The number of piperidine rings is 1. The Morgan fingerprint density at radius 3 is 2.89 bits per heavy atom. The number of ether oxygens (including phenoxy) is 1. The molecule has 106 valence electrons. The molecule has 0 bridgehead atoms. The molecule has 0 aromatic carbocycles. The molecule has 0 saturated carbocycles. The lowest BCUT2D eigenvalue weighted by atomic mass is 9.97. The number of carbonyl (C=O) groups is 1. The van der Waals surface area contributed by atoms with Crippen LogP contribution in [0.2, 0.25) is 0 Å². The van der Waals surface area contributed by atoms with Gasteiger partial charge in [0.25, 0.3) is 0 Å². The number of nitrogens with zero attached hydrogens (tertiary/aromatic N) is 2. The maximum absolute atomic E-state index is 12.2. The first-order valence-corrected chi connectivity index (χ1v) is 7.90. The van der Waals surface area contributed by atoms with E-state index in [9.17, 15) is 4.79 Å². The van der Waals surface area contributed by atoms with E-state index in [4.69, 9.17) is 16.3 Å². The molecule has 19 heavy (non-hydrogen) atoms. The van der Waals surface area contributed by atoms with Crippen molar-refractivity contribution in [3.63, 3.8) is 0 Å². The van der Waals surface area contributed by atoms with Crippen molar-refractivity contribution in [3.8, 4) is 0 Å². The van der Waals surface area contributed by atoms with Gasteiger partial charge in [-0.2, -0.15) is 0 Å². The smallest absolute Gasteiger partial charge is 0.229 e. The number of amides is 1. The quantitative estimate of drug-likeness (QED) is 0.784. The number of alkyl halides is 1. The summed E-state index contributed by atoms with van der Waals surface area (Å²) in [5.74, 6) is 1.18. The molecule has 2 rings (SSSR count). The highest BCUT2D eigenvalue weighted by molar-refractivity contribution is 7.09. The van der Waals surface area contributed by atoms with E-state index in [1.807, 2.05) is 10.3 Å². The SMILES string of the molecule is COCC1CCN(C(=O)Cc2nc(CCl)cs2)CC1. The zero-order valence-corrected chi connectivity index (χ0v) is 12.7. The van der Waals surface area contributed by atoms with Crippen LogP contribution >= 0.6 is 22.9 Å². The van der Waals surface area contributed by atoms with Crippen LogP contribution in [0.5, 0.6) is 0 Å². The van der Waals surface area contributed by atoms with Crippen molar-refractivity contribution in [1.29, 1.82) is 0 Å². The number of hydrogen-bond acceptors (Lipinski definition) is 4. The Morgan fingerprint density at radius 2 is 2.32 bits per heavy atom. The van der Waals surface area contributed by atoms with Gasteiger partial charge in [0.2, 0.25) is 5.91 Å². The minimum Gasteiger partial charge on any atom is -0.384 e. The Morgan fingerprint density at radius 1 is 1.58 bits per heavy atom. The second-order valence-electron chi connectivity index (χ2n) is 4.82. The van der Waals surface area contributed by atoms with Crippen LogP contribution in [0.25, 0.3) is 0 Å². The van der Waals surface area contributed by atoms with E-state index >= 15 is 0 Å². The van der Waals surface area contributed by atoms with Gasteiger partial charge in [0.15, 0.2) is 0 Å². The number of halogens is 1. The van der Waals surface area contributed by atoms with Crippen LogP contribution in [-0.4, -0.2) is 42.6 Å². The van der Waals surface area contributed by atoms with Gasteiger partial charge in [-0.1, -0.05) is 0 Å². The highest BCUT2D eigenvalue weighted by Gasteiger charge is 2.23. The molecular formula is C13H19ClN2O2S. The molecule has 1 aliphatic heterocycles.